The van der Waals surface area contributed by atoms with E-state index in [1.54, 1.807) is 24.3 Å². The van der Waals surface area contributed by atoms with Crippen LogP contribution in [-0.2, 0) is 4.74 Å². The predicted octanol–water partition coefficient (Wildman–Crippen LogP) is 3.42. The van der Waals surface area contributed by atoms with Gasteiger partial charge in [-0.05, 0) is 29.8 Å². The fourth-order valence-corrected chi connectivity index (χ4v) is 2.16. The monoisotopic (exact) mass is 299 g/mol. The molecule has 0 aliphatic heterocycles. The Morgan fingerprint density at radius 1 is 1.32 bits per heavy atom. The van der Waals surface area contributed by atoms with Gasteiger partial charge < -0.3 is 14.9 Å². The Balaban J connectivity index is 2.31. The number of esters is 1. The first-order valence-corrected chi connectivity index (χ1v) is 6.17. The quantitative estimate of drug-likeness (QED) is 0.882. The summed E-state index contributed by atoms with van der Waals surface area (Å²) in [6.07, 6.45) is 0. The molecule has 0 saturated heterocycles. The van der Waals surface area contributed by atoms with Gasteiger partial charge in [-0.25, -0.2) is 4.79 Å². The first kappa shape index (κ1) is 13.9. The highest BCUT2D eigenvalue weighted by Crippen LogP contribution is 2.29. The molecular formula is C13H11Cl2NO3. The molecule has 0 fully saturated rings. The van der Waals surface area contributed by atoms with Gasteiger partial charge in [0, 0.05) is 10.0 Å². The van der Waals surface area contributed by atoms with Gasteiger partial charge in [0.25, 0.3) is 0 Å². The molecule has 2 aromatic rings. The first-order valence-electron chi connectivity index (χ1n) is 5.41. The summed E-state index contributed by atoms with van der Waals surface area (Å²) in [5.41, 5.74) is 6.71. The summed E-state index contributed by atoms with van der Waals surface area (Å²) in [7, 11) is 1.28. The molecule has 19 heavy (non-hydrogen) atoms. The highest BCUT2D eigenvalue weighted by Gasteiger charge is 2.19. The molecule has 6 heteroatoms. The number of furan rings is 1. The van der Waals surface area contributed by atoms with Gasteiger partial charge in [-0.3, -0.25) is 0 Å². The minimum atomic E-state index is -0.580. The number of nitrogens with two attached hydrogens (primary N) is 1. The molecule has 0 spiro atoms. The van der Waals surface area contributed by atoms with Crippen LogP contribution in [0.4, 0.5) is 0 Å². The summed E-state index contributed by atoms with van der Waals surface area (Å²) >= 11 is 11.9. The third-order valence-electron chi connectivity index (χ3n) is 2.62. The standard InChI is InChI=1S/C13H11Cl2NO3/c1-18-13(17)11-5-4-10(19-11)12(16)8-3-2-7(14)6-9(8)15/h2-6,12H,16H2,1H3. The highest BCUT2D eigenvalue weighted by molar-refractivity contribution is 6.35. The Bertz CT molecular complexity index is 610. The van der Waals surface area contributed by atoms with Crippen LogP contribution in [0.5, 0.6) is 0 Å². The molecule has 1 heterocycles. The number of halogens is 2. The van der Waals surface area contributed by atoms with E-state index in [-0.39, 0.29) is 5.76 Å². The topological polar surface area (TPSA) is 65.5 Å². The van der Waals surface area contributed by atoms with Crippen molar-refractivity contribution in [1.29, 1.82) is 0 Å². The molecule has 1 aromatic carbocycles. The number of ether oxygens (including phenoxy) is 1. The van der Waals surface area contributed by atoms with Crippen LogP contribution in [0, 0.1) is 0 Å². The molecule has 0 saturated carbocycles. The molecule has 0 radical (unpaired) electrons. The van der Waals surface area contributed by atoms with Crippen LogP contribution < -0.4 is 5.73 Å². The Kier molecular flexibility index (Phi) is 4.14. The molecule has 1 unspecified atom stereocenters. The molecule has 2 rings (SSSR count). The maximum absolute atomic E-state index is 11.3. The minimum Gasteiger partial charge on any atom is -0.463 e. The van der Waals surface area contributed by atoms with Crippen LogP contribution in [0.15, 0.2) is 34.7 Å². The number of rotatable bonds is 3. The zero-order valence-electron chi connectivity index (χ0n) is 10.0. The molecule has 4 nitrogen and oxygen atoms in total. The fourth-order valence-electron chi connectivity index (χ4n) is 1.64. The number of carbonyl (C=O) groups is 1. The van der Waals surface area contributed by atoms with Gasteiger partial charge in [0.2, 0.25) is 5.76 Å². The maximum atomic E-state index is 11.3. The Morgan fingerprint density at radius 2 is 2.05 bits per heavy atom. The van der Waals surface area contributed by atoms with Gasteiger partial charge in [0.05, 0.1) is 13.2 Å². The lowest BCUT2D eigenvalue weighted by atomic mass is 10.1. The van der Waals surface area contributed by atoms with Crippen molar-refractivity contribution < 1.29 is 13.9 Å². The summed E-state index contributed by atoms with van der Waals surface area (Å²) in [5, 5.41) is 0.965. The summed E-state index contributed by atoms with van der Waals surface area (Å²) in [6.45, 7) is 0. The van der Waals surface area contributed by atoms with Gasteiger partial charge >= 0.3 is 5.97 Å². The van der Waals surface area contributed by atoms with Crippen molar-refractivity contribution in [3.8, 4) is 0 Å². The smallest absolute Gasteiger partial charge is 0.373 e. The van der Waals surface area contributed by atoms with E-state index in [9.17, 15) is 4.79 Å². The Hall–Kier alpha value is -1.49. The van der Waals surface area contributed by atoms with Crippen LogP contribution >= 0.6 is 23.2 Å². The first-order chi connectivity index (χ1) is 9.02. The fraction of sp³-hybridized carbons (Fsp3) is 0.154. The zero-order chi connectivity index (χ0) is 14.0. The van der Waals surface area contributed by atoms with Gasteiger partial charge in [0.15, 0.2) is 0 Å². The molecule has 2 N–H and O–H groups in total. The van der Waals surface area contributed by atoms with E-state index >= 15 is 0 Å². The van der Waals surface area contributed by atoms with Crippen LogP contribution in [0.3, 0.4) is 0 Å². The lowest BCUT2D eigenvalue weighted by Gasteiger charge is -2.11. The average Bonchev–Trinajstić information content (AvgIpc) is 2.86. The molecule has 1 atom stereocenters. The van der Waals surface area contributed by atoms with Crippen molar-refractivity contribution in [2.24, 2.45) is 5.73 Å². The second-order valence-corrected chi connectivity index (χ2v) is 4.68. The van der Waals surface area contributed by atoms with Crippen molar-refractivity contribution >= 4 is 29.2 Å². The Labute approximate surface area is 120 Å². The molecule has 0 bridgehead atoms. The number of methoxy groups -OCH3 is 1. The number of benzene rings is 1. The van der Waals surface area contributed by atoms with Crippen molar-refractivity contribution in [2.75, 3.05) is 7.11 Å². The van der Waals surface area contributed by atoms with Crippen LogP contribution in [0.1, 0.15) is 27.9 Å². The van der Waals surface area contributed by atoms with E-state index in [1.165, 1.54) is 13.2 Å². The third-order valence-corrected chi connectivity index (χ3v) is 3.18. The lowest BCUT2D eigenvalue weighted by Crippen LogP contribution is -2.11. The summed E-state index contributed by atoms with van der Waals surface area (Å²) in [4.78, 5) is 11.3. The zero-order valence-corrected chi connectivity index (χ0v) is 11.5. The van der Waals surface area contributed by atoms with Gasteiger partial charge in [-0.2, -0.15) is 0 Å². The molecule has 0 aliphatic rings. The molecular weight excluding hydrogens is 289 g/mol. The maximum Gasteiger partial charge on any atom is 0.373 e. The van der Waals surface area contributed by atoms with E-state index in [0.29, 0.717) is 21.4 Å². The average molecular weight is 300 g/mol. The number of hydrogen-bond donors (Lipinski definition) is 1. The predicted molar refractivity (Wildman–Crippen MR) is 72.5 cm³/mol. The largest absolute Gasteiger partial charge is 0.463 e. The van der Waals surface area contributed by atoms with Gasteiger partial charge in [0.1, 0.15) is 5.76 Å². The van der Waals surface area contributed by atoms with Gasteiger partial charge in [-0.1, -0.05) is 29.3 Å². The van der Waals surface area contributed by atoms with Crippen molar-refractivity contribution in [1.82, 2.24) is 0 Å². The molecule has 100 valence electrons. The van der Waals surface area contributed by atoms with E-state index in [4.69, 9.17) is 33.4 Å². The van der Waals surface area contributed by atoms with Crippen molar-refractivity contribution in [3.05, 3.63) is 57.5 Å². The van der Waals surface area contributed by atoms with E-state index in [2.05, 4.69) is 4.74 Å². The van der Waals surface area contributed by atoms with Crippen LogP contribution in [-0.4, -0.2) is 13.1 Å². The van der Waals surface area contributed by atoms with Gasteiger partial charge in [-0.15, -0.1) is 0 Å². The van der Waals surface area contributed by atoms with Crippen LogP contribution in [0.25, 0.3) is 0 Å². The van der Waals surface area contributed by atoms with E-state index in [0.717, 1.165) is 0 Å². The molecule has 0 aliphatic carbocycles. The third kappa shape index (κ3) is 2.92. The second kappa shape index (κ2) is 5.65. The highest BCUT2D eigenvalue weighted by atomic mass is 35.5. The SMILES string of the molecule is COC(=O)c1ccc(C(N)c2ccc(Cl)cc2Cl)o1. The van der Waals surface area contributed by atoms with Crippen molar-refractivity contribution in [3.63, 3.8) is 0 Å². The minimum absolute atomic E-state index is 0.0954. The second-order valence-electron chi connectivity index (χ2n) is 3.84. The van der Waals surface area contributed by atoms with E-state index in [1.807, 2.05) is 0 Å². The Morgan fingerprint density at radius 3 is 2.68 bits per heavy atom. The summed E-state index contributed by atoms with van der Waals surface area (Å²) < 4.78 is 9.90. The normalized spacial score (nSPS) is 12.2. The summed E-state index contributed by atoms with van der Waals surface area (Å²) in [6, 6.07) is 7.54. The summed E-state index contributed by atoms with van der Waals surface area (Å²) in [5.74, 6) is -0.0386. The lowest BCUT2D eigenvalue weighted by molar-refractivity contribution is 0.0562. The number of carbonyl (C=O) groups excluding carboxylic acids is 1. The van der Waals surface area contributed by atoms with Crippen molar-refractivity contribution in [2.45, 2.75) is 6.04 Å². The number of hydrogen-bond acceptors (Lipinski definition) is 4. The van der Waals surface area contributed by atoms with Crippen LogP contribution in [0.2, 0.25) is 10.0 Å². The molecule has 0 amide bonds. The molecule has 1 aromatic heterocycles. The van der Waals surface area contributed by atoms with E-state index < -0.39 is 12.0 Å².